The molecule has 0 amide bonds. The summed E-state index contributed by atoms with van der Waals surface area (Å²) in [5.74, 6) is 0.704. The highest BCUT2D eigenvalue weighted by Crippen LogP contribution is 2.35. The smallest absolute Gasteiger partial charge is 0.142 e. The molecule has 106 valence electrons. The first-order chi connectivity index (χ1) is 9.62. The van der Waals surface area contributed by atoms with Crippen LogP contribution in [-0.4, -0.2) is 7.11 Å². The van der Waals surface area contributed by atoms with Gasteiger partial charge in [0.25, 0.3) is 0 Å². The third-order valence-electron chi connectivity index (χ3n) is 3.71. The lowest BCUT2D eigenvalue weighted by Crippen LogP contribution is -2.01. The average molecular weight is 270 g/mol. The molecular weight excluding hydrogens is 248 g/mol. The van der Waals surface area contributed by atoms with Crippen molar-refractivity contribution in [3.05, 3.63) is 41.5 Å². The van der Waals surface area contributed by atoms with Crippen molar-refractivity contribution in [1.82, 2.24) is 0 Å². The van der Waals surface area contributed by atoms with Crippen LogP contribution in [0.1, 0.15) is 25.0 Å². The van der Waals surface area contributed by atoms with E-state index in [4.69, 9.17) is 16.2 Å². The fourth-order valence-corrected chi connectivity index (χ4v) is 2.49. The van der Waals surface area contributed by atoms with Crippen molar-refractivity contribution < 1.29 is 4.74 Å². The third-order valence-corrected chi connectivity index (χ3v) is 3.71. The van der Waals surface area contributed by atoms with E-state index in [1.54, 1.807) is 7.11 Å². The van der Waals surface area contributed by atoms with Crippen LogP contribution in [0.15, 0.2) is 30.3 Å². The summed E-state index contributed by atoms with van der Waals surface area (Å²) in [5, 5.41) is 0. The maximum atomic E-state index is 6.19. The minimum atomic E-state index is 0.670. The van der Waals surface area contributed by atoms with Crippen LogP contribution in [0.4, 0.5) is 11.4 Å². The lowest BCUT2D eigenvalue weighted by Gasteiger charge is -2.15. The van der Waals surface area contributed by atoms with Gasteiger partial charge in [0.1, 0.15) is 5.75 Å². The monoisotopic (exact) mass is 270 g/mol. The molecule has 0 spiro atoms. The zero-order chi connectivity index (χ0) is 14.7. The normalized spacial score (nSPS) is 10.6. The van der Waals surface area contributed by atoms with Crippen molar-refractivity contribution in [3.63, 3.8) is 0 Å². The largest absolute Gasteiger partial charge is 0.495 e. The number of nitrogens with two attached hydrogens (primary N) is 2. The molecular formula is C17H22N2O. The van der Waals surface area contributed by atoms with E-state index in [0.717, 1.165) is 29.7 Å². The molecule has 2 rings (SSSR count). The Morgan fingerprint density at radius 3 is 2.05 bits per heavy atom. The summed E-state index contributed by atoms with van der Waals surface area (Å²) in [4.78, 5) is 0. The number of nitrogen functional groups attached to an aromatic ring is 2. The molecule has 0 aromatic heterocycles. The highest BCUT2D eigenvalue weighted by molar-refractivity contribution is 5.82. The first-order valence-corrected chi connectivity index (χ1v) is 6.96. The minimum Gasteiger partial charge on any atom is -0.495 e. The second-order valence-corrected chi connectivity index (χ2v) is 4.84. The summed E-state index contributed by atoms with van der Waals surface area (Å²) in [6, 6.07) is 10.1. The first-order valence-electron chi connectivity index (χ1n) is 6.96. The number of ether oxygens (including phenoxy) is 1. The number of hydrogen-bond donors (Lipinski definition) is 2. The van der Waals surface area contributed by atoms with Gasteiger partial charge in [-0.3, -0.25) is 0 Å². The fourth-order valence-electron chi connectivity index (χ4n) is 2.49. The van der Waals surface area contributed by atoms with Crippen molar-refractivity contribution in [2.75, 3.05) is 18.6 Å². The molecule has 0 heterocycles. The van der Waals surface area contributed by atoms with Crippen molar-refractivity contribution in [3.8, 4) is 16.9 Å². The van der Waals surface area contributed by atoms with E-state index >= 15 is 0 Å². The lowest BCUT2D eigenvalue weighted by molar-refractivity contribution is 0.417. The van der Waals surface area contributed by atoms with Crippen LogP contribution in [0.5, 0.6) is 5.75 Å². The molecule has 0 unspecified atom stereocenters. The Labute approximate surface area is 120 Å². The molecule has 0 aliphatic carbocycles. The SMILES string of the molecule is CCc1cc(-c2cccc(OC)c2N)cc(CC)c1N. The standard InChI is InChI=1S/C17H22N2O/c1-4-11-9-13(10-12(5-2)16(11)18)14-7-6-8-15(20-3)17(14)19/h6-10H,4-5,18-19H2,1-3H3. The van der Waals surface area contributed by atoms with Gasteiger partial charge in [0, 0.05) is 11.3 Å². The number of para-hydroxylation sites is 1. The van der Waals surface area contributed by atoms with Crippen LogP contribution >= 0.6 is 0 Å². The summed E-state index contributed by atoms with van der Waals surface area (Å²) in [6.45, 7) is 4.23. The summed E-state index contributed by atoms with van der Waals surface area (Å²) in [5.41, 5.74) is 18.4. The van der Waals surface area contributed by atoms with Gasteiger partial charge in [0.05, 0.1) is 12.8 Å². The molecule has 0 saturated carbocycles. The van der Waals surface area contributed by atoms with Gasteiger partial charge in [-0.2, -0.15) is 0 Å². The Bertz CT molecular complexity index is 595. The Hall–Kier alpha value is -2.16. The van der Waals surface area contributed by atoms with Crippen molar-refractivity contribution >= 4 is 11.4 Å². The topological polar surface area (TPSA) is 61.3 Å². The summed E-state index contributed by atoms with van der Waals surface area (Å²) < 4.78 is 5.29. The first kappa shape index (κ1) is 14.3. The Kier molecular flexibility index (Phi) is 4.18. The molecule has 0 radical (unpaired) electrons. The molecule has 0 aliphatic rings. The summed E-state index contributed by atoms with van der Waals surface area (Å²) in [7, 11) is 1.63. The van der Waals surface area contributed by atoms with Crippen molar-refractivity contribution in [1.29, 1.82) is 0 Å². The van der Waals surface area contributed by atoms with Crippen LogP contribution in [-0.2, 0) is 12.8 Å². The summed E-state index contributed by atoms with van der Waals surface area (Å²) in [6.07, 6.45) is 1.83. The van der Waals surface area contributed by atoms with Gasteiger partial charge in [0.15, 0.2) is 0 Å². The number of anilines is 2. The molecule has 0 aliphatic heterocycles. The van der Waals surface area contributed by atoms with Gasteiger partial charge < -0.3 is 16.2 Å². The van der Waals surface area contributed by atoms with Gasteiger partial charge in [-0.05, 0) is 47.7 Å². The Balaban J connectivity index is 2.64. The Morgan fingerprint density at radius 1 is 0.950 bits per heavy atom. The van der Waals surface area contributed by atoms with Crippen LogP contribution in [0.2, 0.25) is 0 Å². The van der Waals surface area contributed by atoms with Gasteiger partial charge in [-0.15, -0.1) is 0 Å². The quantitative estimate of drug-likeness (QED) is 0.834. The number of rotatable bonds is 4. The highest BCUT2D eigenvalue weighted by atomic mass is 16.5. The average Bonchev–Trinajstić information content (AvgIpc) is 2.48. The van der Waals surface area contributed by atoms with E-state index in [9.17, 15) is 0 Å². The molecule has 0 bridgehead atoms. The second-order valence-electron chi connectivity index (χ2n) is 4.84. The molecule has 4 N–H and O–H groups in total. The summed E-state index contributed by atoms with van der Waals surface area (Å²) >= 11 is 0. The number of benzene rings is 2. The predicted octanol–water partition coefficient (Wildman–Crippen LogP) is 3.65. The zero-order valence-electron chi connectivity index (χ0n) is 12.4. The fraction of sp³-hybridized carbons (Fsp3) is 0.294. The molecule has 2 aromatic carbocycles. The van der Waals surface area contributed by atoms with Crippen LogP contribution < -0.4 is 16.2 Å². The number of hydrogen-bond acceptors (Lipinski definition) is 3. The Morgan fingerprint density at radius 2 is 1.55 bits per heavy atom. The maximum absolute atomic E-state index is 6.19. The van der Waals surface area contributed by atoms with Crippen molar-refractivity contribution in [2.45, 2.75) is 26.7 Å². The van der Waals surface area contributed by atoms with Gasteiger partial charge >= 0.3 is 0 Å². The van der Waals surface area contributed by atoms with E-state index in [0.29, 0.717) is 11.4 Å². The molecule has 0 fully saturated rings. The van der Waals surface area contributed by atoms with Crippen molar-refractivity contribution in [2.24, 2.45) is 0 Å². The number of methoxy groups -OCH3 is 1. The van der Waals surface area contributed by atoms with Gasteiger partial charge in [-0.25, -0.2) is 0 Å². The van der Waals surface area contributed by atoms with Gasteiger partial charge in [0.2, 0.25) is 0 Å². The molecule has 3 nitrogen and oxygen atoms in total. The van der Waals surface area contributed by atoms with E-state index in [1.165, 1.54) is 11.1 Å². The minimum absolute atomic E-state index is 0.670. The van der Waals surface area contributed by atoms with Crippen LogP contribution in [0, 0.1) is 0 Å². The third kappa shape index (κ3) is 2.44. The van der Waals surface area contributed by atoms with E-state index in [-0.39, 0.29) is 0 Å². The predicted molar refractivity (Wildman–Crippen MR) is 86.0 cm³/mol. The number of aryl methyl sites for hydroxylation is 2. The molecule has 2 aromatic rings. The molecule has 3 heteroatoms. The highest BCUT2D eigenvalue weighted by Gasteiger charge is 2.11. The van der Waals surface area contributed by atoms with Crippen LogP contribution in [0.25, 0.3) is 11.1 Å². The molecule has 0 saturated heterocycles. The van der Waals surface area contributed by atoms with Gasteiger partial charge in [-0.1, -0.05) is 26.0 Å². The van der Waals surface area contributed by atoms with E-state index < -0.39 is 0 Å². The van der Waals surface area contributed by atoms with E-state index in [1.807, 2.05) is 18.2 Å². The lowest BCUT2D eigenvalue weighted by atomic mass is 9.94. The van der Waals surface area contributed by atoms with Crippen LogP contribution in [0.3, 0.4) is 0 Å². The second kappa shape index (κ2) is 5.87. The zero-order valence-corrected chi connectivity index (χ0v) is 12.4. The van der Waals surface area contributed by atoms with E-state index in [2.05, 4.69) is 26.0 Å². The maximum Gasteiger partial charge on any atom is 0.142 e. The molecule has 0 atom stereocenters. The molecule has 20 heavy (non-hydrogen) atoms.